The smallest absolute Gasteiger partial charge is 0.198 e. The van der Waals surface area contributed by atoms with E-state index >= 15 is 0 Å². The Morgan fingerprint density at radius 2 is 1.35 bits per heavy atom. The monoisotopic (exact) mass is 240 g/mol. The molecule has 86 valence electrons. The summed E-state index contributed by atoms with van der Waals surface area (Å²) in [5.74, 6) is -6.45. The van der Waals surface area contributed by atoms with Crippen LogP contribution in [0.15, 0.2) is 28.9 Å². The summed E-state index contributed by atoms with van der Waals surface area (Å²) >= 11 is 0. The topological polar surface area (TPSA) is 13.1 Å². The molecule has 0 fully saturated rings. The minimum Gasteiger partial charge on any atom is -0.464 e. The van der Waals surface area contributed by atoms with E-state index in [1.165, 1.54) is 18.4 Å². The van der Waals surface area contributed by atoms with Crippen LogP contribution in [0, 0.1) is 23.3 Å². The molecule has 1 aromatic heterocycles. The lowest BCUT2D eigenvalue weighted by Crippen LogP contribution is -1.97. The van der Waals surface area contributed by atoms with Gasteiger partial charge in [-0.05, 0) is 18.2 Å². The molecule has 0 amide bonds. The molecule has 1 heterocycles. The zero-order valence-corrected chi connectivity index (χ0v) is 8.23. The number of furan rings is 1. The van der Waals surface area contributed by atoms with Gasteiger partial charge >= 0.3 is 0 Å². The second-order valence-corrected chi connectivity index (χ2v) is 3.61. The molecule has 0 N–H and O–H groups in total. The van der Waals surface area contributed by atoms with Crippen molar-refractivity contribution in [3.8, 4) is 0 Å². The van der Waals surface area contributed by atoms with E-state index in [0.717, 1.165) is 6.07 Å². The normalized spacial score (nSPS) is 11.5. The maximum Gasteiger partial charge on any atom is 0.198 e. The standard InChI is InChI=1S/C12H4F4O/c13-9-6-3-5-1-2-17-8(5)4-7(6)10(14)12(16)11(9)15/h1-4H. The molecule has 3 rings (SSSR count). The van der Waals surface area contributed by atoms with E-state index in [1.807, 2.05) is 0 Å². The number of hydrogen-bond acceptors (Lipinski definition) is 1. The van der Waals surface area contributed by atoms with Gasteiger partial charge in [-0.3, -0.25) is 0 Å². The molecule has 0 atom stereocenters. The Morgan fingerprint density at radius 1 is 0.765 bits per heavy atom. The van der Waals surface area contributed by atoms with Crippen molar-refractivity contribution < 1.29 is 22.0 Å². The lowest BCUT2D eigenvalue weighted by Gasteiger charge is -2.04. The Bertz CT molecular complexity index is 684. The quantitative estimate of drug-likeness (QED) is 0.327. The molecule has 0 saturated heterocycles. The van der Waals surface area contributed by atoms with Crippen LogP contribution in [0.4, 0.5) is 17.6 Å². The fourth-order valence-corrected chi connectivity index (χ4v) is 1.80. The van der Waals surface area contributed by atoms with Crippen molar-refractivity contribution in [2.24, 2.45) is 0 Å². The Hall–Kier alpha value is -2.04. The molecule has 0 unspecified atom stereocenters. The zero-order chi connectivity index (χ0) is 12.2. The lowest BCUT2D eigenvalue weighted by molar-refractivity contribution is 0.418. The fraction of sp³-hybridized carbons (Fsp3) is 0. The average molecular weight is 240 g/mol. The first-order valence-electron chi connectivity index (χ1n) is 4.72. The van der Waals surface area contributed by atoms with Crippen LogP contribution in [0.25, 0.3) is 21.7 Å². The molecule has 0 bridgehead atoms. The molecular formula is C12H4F4O. The maximum atomic E-state index is 13.5. The summed E-state index contributed by atoms with van der Waals surface area (Å²) in [4.78, 5) is 0. The van der Waals surface area contributed by atoms with E-state index in [1.54, 1.807) is 0 Å². The summed E-state index contributed by atoms with van der Waals surface area (Å²) < 4.78 is 58.0. The predicted octanol–water partition coefficient (Wildman–Crippen LogP) is 4.14. The van der Waals surface area contributed by atoms with Gasteiger partial charge in [-0.25, -0.2) is 17.6 Å². The van der Waals surface area contributed by atoms with Crippen LogP contribution in [0.1, 0.15) is 0 Å². The first-order valence-corrected chi connectivity index (χ1v) is 4.72. The minimum absolute atomic E-state index is 0.279. The van der Waals surface area contributed by atoms with Gasteiger partial charge in [-0.15, -0.1) is 0 Å². The highest BCUT2D eigenvalue weighted by Crippen LogP contribution is 2.30. The third kappa shape index (κ3) is 1.25. The van der Waals surface area contributed by atoms with E-state index in [9.17, 15) is 17.6 Å². The van der Waals surface area contributed by atoms with Gasteiger partial charge in [0.05, 0.1) is 6.26 Å². The molecule has 0 aliphatic rings. The van der Waals surface area contributed by atoms with Crippen LogP contribution in [-0.4, -0.2) is 0 Å². The van der Waals surface area contributed by atoms with E-state index in [2.05, 4.69) is 0 Å². The van der Waals surface area contributed by atoms with Gasteiger partial charge in [-0.1, -0.05) is 0 Å². The van der Waals surface area contributed by atoms with Crippen LogP contribution in [-0.2, 0) is 0 Å². The maximum absolute atomic E-state index is 13.5. The van der Waals surface area contributed by atoms with Crippen LogP contribution in [0.2, 0.25) is 0 Å². The van der Waals surface area contributed by atoms with Gasteiger partial charge < -0.3 is 4.42 Å². The lowest BCUT2D eigenvalue weighted by atomic mass is 10.1. The van der Waals surface area contributed by atoms with Crippen molar-refractivity contribution in [1.82, 2.24) is 0 Å². The molecule has 0 radical (unpaired) electrons. The van der Waals surface area contributed by atoms with Crippen LogP contribution < -0.4 is 0 Å². The summed E-state index contributed by atoms with van der Waals surface area (Å²) in [5, 5.41) is -0.166. The van der Waals surface area contributed by atoms with Crippen molar-refractivity contribution in [2.75, 3.05) is 0 Å². The van der Waals surface area contributed by atoms with Crippen LogP contribution >= 0.6 is 0 Å². The Labute approximate surface area is 92.3 Å². The number of rotatable bonds is 0. The molecule has 3 aromatic rings. The summed E-state index contributed by atoms with van der Waals surface area (Å²) in [6, 6.07) is 3.88. The highest BCUT2D eigenvalue weighted by atomic mass is 19.2. The van der Waals surface area contributed by atoms with Gasteiger partial charge in [0.2, 0.25) is 0 Å². The third-order valence-corrected chi connectivity index (χ3v) is 2.64. The van der Waals surface area contributed by atoms with Gasteiger partial charge in [0, 0.05) is 16.2 Å². The van der Waals surface area contributed by atoms with Crippen molar-refractivity contribution in [2.45, 2.75) is 0 Å². The third-order valence-electron chi connectivity index (χ3n) is 2.64. The fourth-order valence-electron chi connectivity index (χ4n) is 1.80. The molecule has 0 spiro atoms. The van der Waals surface area contributed by atoms with Gasteiger partial charge in [-0.2, -0.15) is 0 Å². The van der Waals surface area contributed by atoms with Crippen molar-refractivity contribution >= 4 is 21.7 Å². The molecule has 0 aliphatic heterocycles. The van der Waals surface area contributed by atoms with Crippen molar-refractivity contribution in [1.29, 1.82) is 0 Å². The number of hydrogen-bond donors (Lipinski definition) is 0. The van der Waals surface area contributed by atoms with Gasteiger partial charge in [0.1, 0.15) is 5.58 Å². The molecule has 0 saturated carbocycles. The number of fused-ring (bicyclic) bond motifs is 2. The van der Waals surface area contributed by atoms with Gasteiger partial charge in [0.25, 0.3) is 0 Å². The second kappa shape index (κ2) is 3.23. The highest BCUT2D eigenvalue weighted by Gasteiger charge is 2.20. The number of benzene rings is 2. The molecule has 5 heteroatoms. The van der Waals surface area contributed by atoms with E-state index in [4.69, 9.17) is 4.42 Å². The van der Waals surface area contributed by atoms with Crippen molar-refractivity contribution in [3.05, 3.63) is 47.7 Å². The molecule has 2 aromatic carbocycles. The van der Waals surface area contributed by atoms with Crippen LogP contribution in [0.3, 0.4) is 0 Å². The van der Waals surface area contributed by atoms with E-state index < -0.39 is 23.3 Å². The molecule has 1 nitrogen and oxygen atoms in total. The van der Waals surface area contributed by atoms with E-state index in [0.29, 0.717) is 5.39 Å². The summed E-state index contributed by atoms with van der Waals surface area (Å²) in [5.41, 5.74) is 0.279. The SMILES string of the molecule is Fc1c(F)c(F)c2cc3occc3cc2c1F. The predicted molar refractivity (Wildman–Crippen MR) is 53.6 cm³/mol. The largest absolute Gasteiger partial charge is 0.464 e. The van der Waals surface area contributed by atoms with Gasteiger partial charge in [0.15, 0.2) is 23.3 Å². The first-order chi connectivity index (χ1) is 8.09. The number of halogens is 4. The average Bonchev–Trinajstić information content (AvgIpc) is 2.79. The highest BCUT2D eigenvalue weighted by molar-refractivity contribution is 5.96. The summed E-state index contributed by atoms with van der Waals surface area (Å²) in [7, 11) is 0. The molecule has 0 aliphatic carbocycles. The van der Waals surface area contributed by atoms with Crippen molar-refractivity contribution in [3.63, 3.8) is 0 Å². The second-order valence-electron chi connectivity index (χ2n) is 3.61. The summed E-state index contributed by atoms with van der Waals surface area (Å²) in [6.07, 6.45) is 1.33. The first kappa shape index (κ1) is 10.1. The molecular weight excluding hydrogens is 236 g/mol. The van der Waals surface area contributed by atoms with E-state index in [-0.39, 0.29) is 16.4 Å². The van der Waals surface area contributed by atoms with Crippen LogP contribution in [0.5, 0.6) is 0 Å². The minimum atomic E-state index is -1.82. The zero-order valence-electron chi connectivity index (χ0n) is 8.23. The molecule has 17 heavy (non-hydrogen) atoms. The Balaban J connectivity index is 2.60. The Morgan fingerprint density at radius 3 is 2.00 bits per heavy atom. The Kier molecular flexibility index (Phi) is 1.92. The summed E-state index contributed by atoms with van der Waals surface area (Å²) in [6.45, 7) is 0.